The maximum absolute atomic E-state index is 5.76. The standard InChI is InChI=1S/C15H15N3OS/c1-9-15(18-14(16)19-9)5-10-3-2-4-11(12(10)6-15)13-7-20-8-17-13/h2-4,7-9H,5-6H2,1H3,(H2,16,18)/t9-,15-/m1/s1. The number of benzene rings is 1. The third-order valence-corrected chi connectivity index (χ3v) is 4.93. The van der Waals surface area contributed by atoms with Crippen LogP contribution in [0, 0.1) is 0 Å². The molecule has 0 radical (unpaired) electrons. The molecule has 0 bridgehead atoms. The molecule has 2 heterocycles. The Bertz CT molecular complexity index is 695. The lowest BCUT2D eigenvalue weighted by molar-refractivity contribution is 0.157. The number of aromatic nitrogens is 1. The summed E-state index contributed by atoms with van der Waals surface area (Å²) in [6.45, 7) is 2.05. The van der Waals surface area contributed by atoms with Gasteiger partial charge in [0.15, 0.2) is 0 Å². The molecule has 5 heteroatoms. The van der Waals surface area contributed by atoms with Crippen molar-refractivity contribution in [3.63, 3.8) is 0 Å². The number of thiazole rings is 1. The lowest BCUT2D eigenvalue weighted by Gasteiger charge is -2.23. The van der Waals surface area contributed by atoms with Crippen molar-refractivity contribution >= 4 is 17.4 Å². The zero-order chi connectivity index (χ0) is 13.7. The number of aliphatic imine (C=N–C) groups is 1. The van der Waals surface area contributed by atoms with Crippen LogP contribution in [0.3, 0.4) is 0 Å². The van der Waals surface area contributed by atoms with E-state index in [1.165, 1.54) is 16.7 Å². The van der Waals surface area contributed by atoms with Gasteiger partial charge >= 0.3 is 0 Å². The molecule has 1 aromatic carbocycles. The number of rotatable bonds is 1. The number of ether oxygens (including phenoxy) is 1. The van der Waals surface area contributed by atoms with Gasteiger partial charge in [-0.05, 0) is 18.1 Å². The summed E-state index contributed by atoms with van der Waals surface area (Å²) in [5.41, 5.74) is 12.4. The average Bonchev–Trinajstić information content (AvgIpc) is 3.09. The molecule has 1 spiro atoms. The van der Waals surface area contributed by atoms with Gasteiger partial charge in [-0.1, -0.05) is 18.2 Å². The summed E-state index contributed by atoms with van der Waals surface area (Å²) in [6.07, 6.45) is 1.79. The molecule has 20 heavy (non-hydrogen) atoms. The normalized spacial score (nSPS) is 27.4. The third-order valence-electron chi connectivity index (χ3n) is 4.35. The van der Waals surface area contributed by atoms with E-state index in [1.807, 2.05) is 5.51 Å². The molecule has 4 nitrogen and oxygen atoms in total. The minimum atomic E-state index is -0.224. The fourth-order valence-electron chi connectivity index (χ4n) is 3.29. The zero-order valence-electron chi connectivity index (χ0n) is 11.2. The monoisotopic (exact) mass is 285 g/mol. The summed E-state index contributed by atoms with van der Waals surface area (Å²) in [5.74, 6) is 0. The molecule has 0 unspecified atom stereocenters. The second-order valence-electron chi connectivity index (χ2n) is 5.48. The molecule has 2 N–H and O–H groups in total. The highest BCUT2D eigenvalue weighted by Crippen LogP contribution is 2.43. The largest absolute Gasteiger partial charge is 0.460 e. The van der Waals surface area contributed by atoms with Crippen LogP contribution >= 0.6 is 11.3 Å². The van der Waals surface area contributed by atoms with Gasteiger partial charge in [0.1, 0.15) is 11.6 Å². The molecule has 4 rings (SSSR count). The van der Waals surface area contributed by atoms with Gasteiger partial charge in [-0.15, -0.1) is 11.3 Å². The first kappa shape index (κ1) is 11.9. The van der Waals surface area contributed by atoms with E-state index in [0.717, 1.165) is 18.5 Å². The quantitative estimate of drug-likeness (QED) is 0.875. The summed E-state index contributed by atoms with van der Waals surface area (Å²) in [4.78, 5) is 9.03. The zero-order valence-corrected chi connectivity index (χ0v) is 12.0. The van der Waals surface area contributed by atoms with E-state index in [4.69, 9.17) is 10.5 Å². The average molecular weight is 285 g/mol. The minimum absolute atomic E-state index is 0.0261. The predicted octanol–water partition coefficient (Wildman–Crippen LogP) is 2.38. The number of nitrogens with zero attached hydrogens (tertiary/aromatic N) is 2. The molecule has 0 saturated carbocycles. The van der Waals surface area contributed by atoms with Gasteiger partial charge in [-0.3, -0.25) is 0 Å². The van der Waals surface area contributed by atoms with Crippen LogP contribution in [0.4, 0.5) is 0 Å². The molecule has 2 aromatic rings. The maximum Gasteiger partial charge on any atom is 0.282 e. The Balaban J connectivity index is 1.81. The Kier molecular flexibility index (Phi) is 2.41. The van der Waals surface area contributed by atoms with Gasteiger partial charge in [0, 0.05) is 23.8 Å². The van der Waals surface area contributed by atoms with Gasteiger partial charge in [0.05, 0.1) is 11.2 Å². The van der Waals surface area contributed by atoms with E-state index in [2.05, 4.69) is 40.5 Å². The highest BCUT2D eigenvalue weighted by molar-refractivity contribution is 7.07. The van der Waals surface area contributed by atoms with Crippen molar-refractivity contribution in [3.8, 4) is 11.3 Å². The topological polar surface area (TPSA) is 60.5 Å². The Morgan fingerprint density at radius 2 is 2.30 bits per heavy atom. The van der Waals surface area contributed by atoms with Crippen molar-refractivity contribution < 1.29 is 4.74 Å². The van der Waals surface area contributed by atoms with Crippen LogP contribution in [-0.2, 0) is 17.6 Å². The molecule has 2 atom stereocenters. The van der Waals surface area contributed by atoms with Crippen LogP contribution in [0.25, 0.3) is 11.3 Å². The van der Waals surface area contributed by atoms with Crippen LogP contribution in [0.1, 0.15) is 18.1 Å². The Hall–Kier alpha value is -1.88. The van der Waals surface area contributed by atoms with Gasteiger partial charge in [0.2, 0.25) is 0 Å². The van der Waals surface area contributed by atoms with E-state index >= 15 is 0 Å². The van der Waals surface area contributed by atoms with Gasteiger partial charge in [0.25, 0.3) is 6.02 Å². The molecule has 1 aliphatic carbocycles. The van der Waals surface area contributed by atoms with Crippen molar-refractivity contribution in [1.82, 2.24) is 4.98 Å². The van der Waals surface area contributed by atoms with E-state index in [9.17, 15) is 0 Å². The van der Waals surface area contributed by atoms with Crippen LogP contribution in [0.2, 0.25) is 0 Å². The fraction of sp³-hybridized carbons (Fsp3) is 0.333. The molecule has 1 aliphatic heterocycles. The molecule has 102 valence electrons. The van der Waals surface area contributed by atoms with Crippen LogP contribution in [-0.4, -0.2) is 22.6 Å². The highest BCUT2D eigenvalue weighted by Gasteiger charge is 2.48. The van der Waals surface area contributed by atoms with Gasteiger partial charge in [-0.2, -0.15) is 0 Å². The summed E-state index contributed by atoms with van der Waals surface area (Å²) in [5, 5.41) is 2.09. The van der Waals surface area contributed by atoms with E-state index in [1.54, 1.807) is 11.3 Å². The van der Waals surface area contributed by atoms with Gasteiger partial charge in [-0.25, -0.2) is 9.98 Å². The van der Waals surface area contributed by atoms with Gasteiger partial charge < -0.3 is 10.5 Å². The summed E-state index contributed by atoms with van der Waals surface area (Å²) in [7, 11) is 0. The van der Waals surface area contributed by atoms with Crippen LogP contribution < -0.4 is 5.73 Å². The Labute approximate surface area is 121 Å². The van der Waals surface area contributed by atoms with Crippen molar-refractivity contribution in [3.05, 3.63) is 40.2 Å². The molecule has 2 aliphatic rings. The van der Waals surface area contributed by atoms with Crippen molar-refractivity contribution in [2.24, 2.45) is 10.7 Å². The third kappa shape index (κ3) is 1.59. The van der Waals surface area contributed by atoms with Crippen LogP contribution in [0.5, 0.6) is 0 Å². The predicted molar refractivity (Wildman–Crippen MR) is 79.9 cm³/mol. The summed E-state index contributed by atoms with van der Waals surface area (Å²) >= 11 is 1.62. The number of hydrogen-bond donors (Lipinski definition) is 1. The maximum atomic E-state index is 5.76. The lowest BCUT2D eigenvalue weighted by atomic mass is 9.91. The van der Waals surface area contributed by atoms with E-state index < -0.39 is 0 Å². The fourth-order valence-corrected chi connectivity index (χ4v) is 3.84. The Morgan fingerprint density at radius 3 is 3.00 bits per heavy atom. The lowest BCUT2D eigenvalue weighted by Crippen LogP contribution is -2.36. The van der Waals surface area contributed by atoms with Crippen molar-refractivity contribution in [2.75, 3.05) is 0 Å². The summed E-state index contributed by atoms with van der Waals surface area (Å²) in [6, 6.07) is 6.73. The Morgan fingerprint density at radius 1 is 1.40 bits per heavy atom. The summed E-state index contributed by atoms with van der Waals surface area (Å²) < 4.78 is 5.57. The van der Waals surface area contributed by atoms with E-state index in [0.29, 0.717) is 6.02 Å². The second kappa shape index (κ2) is 4.06. The first-order valence-electron chi connectivity index (χ1n) is 6.69. The molecular formula is C15H15N3OS. The molecule has 0 amide bonds. The SMILES string of the molecule is C[C@H]1OC(N)=N[C@@]12Cc1cccc(-c3cscn3)c1C2. The highest BCUT2D eigenvalue weighted by atomic mass is 32.1. The number of amidine groups is 1. The second-order valence-corrected chi connectivity index (χ2v) is 6.20. The smallest absolute Gasteiger partial charge is 0.282 e. The van der Waals surface area contributed by atoms with E-state index in [-0.39, 0.29) is 11.6 Å². The minimum Gasteiger partial charge on any atom is -0.460 e. The molecule has 0 fully saturated rings. The first-order chi connectivity index (χ1) is 9.68. The molecular weight excluding hydrogens is 270 g/mol. The molecule has 0 saturated heterocycles. The first-order valence-corrected chi connectivity index (χ1v) is 7.63. The van der Waals surface area contributed by atoms with Crippen molar-refractivity contribution in [2.45, 2.75) is 31.4 Å². The number of fused-ring (bicyclic) bond motifs is 1. The van der Waals surface area contributed by atoms with Crippen LogP contribution in [0.15, 0.2) is 34.1 Å². The number of nitrogens with two attached hydrogens (primary N) is 1. The van der Waals surface area contributed by atoms with Crippen molar-refractivity contribution in [1.29, 1.82) is 0 Å². The number of hydrogen-bond acceptors (Lipinski definition) is 5. The molecule has 1 aromatic heterocycles.